The summed E-state index contributed by atoms with van der Waals surface area (Å²) in [5.74, 6) is 2.65. The Morgan fingerprint density at radius 2 is 2.20 bits per heavy atom. The van der Waals surface area contributed by atoms with E-state index in [0.29, 0.717) is 0 Å². The Labute approximate surface area is 122 Å². The lowest BCUT2D eigenvalue weighted by molar-refractivity contribution is 0.132. The van der Waals surface area contributed by atoms with Crippen molar-refractivity contribution in [3.8, 4) is 11.5 Å². The third kappa shape index (κ3) is 3.66. The van der Waals surface area contributed by atoms with Gasteiger partial charge in [0.05, 0.1) is 7.11 Å². The van der Waals surface area contributed by atoms with Crippen LogP contribution in [0.4, 0.5) is 0 Å². The number of hydrogen-bond acceptors (Lipinski definition) is 3. The largest absolute Gasteiger partial charge is 0.497 e. The summed E-state index contributed by atoms with van der Waals surface area (Å²) in [6, 6.07) is 6.14. The number of nitrogens with zero attached hydrogens (tertiary/aromatic N) is 1. The van der Waals surface area contributed by atoms with Crippen LogP contribution in [0, 0.1) is 5.92 Å². The average molecular weight is 277 g/mol. The number of fused-ring (bicyclic) bond motifs is 1. The van der Waals surface area contributed by atoms with Crippen LogP contribution in [0.25, 0.3) is 0 Å². The topological polar surface area (TPSA) is 21.7 Å². The molecule has 1 aliphatic rings. The van der Waals surface area contributed by atoms with Crippen LogP contribution < -0.4 is 9.47 Å². The quantitative estimate of drug-likeness (QED) is 0.819. The first-order valence-electron chi connectivity index (χ1n) is 7.72. The molecule has 1 aromatic rings. The summed E-state index contributed by atoms with van der Waals surface area (Å²) in [6.07, 6.45) is 2.55. The average Bonchev–Trinajstić information content (AvgIpc) is 2.64. The summed E-state index contributed by atoms with van der Waals surface area (Å²) in [5.41, 5.74) is 1.24. The maximum atomic E-state index is 6.15. The molecule has 112 valence electrons. The van der Waals surface area contributed by atoms with E-state index >= 15 is 0 Å². The van der Waals surface area contributed by atoms with Crippen molar-refractivity contribution < 1.29 is 9.47 Å². The summed E-state index contributed by atoms with van der Waals surface area (Å²) in [5, 5.41) is 0. The van der Waals surface area contributed by atoms with E-state index < -0.39 is 0 Å². The van der Waals surface area contributed by atoms with Gasteiger partial charge in [0, 0.05) is 25.2 Å². The van der Waals surface area contributed by atoms with Crippen molar-refractivity contribution in [1.29, 1.82) is 0 Å². The summed E-state index contributed by atoms with van der Waals surface area (Å²) in [4.78, 5) is 2.52. The zero-order valence-electron chi connectivity index (χ0n) is 13.2. The van der Waals surface area contributed by atoms with Crippen molar-refractivity contribution >= 4 is 0 Å². The standard InChI is InChI=1S/C17H27NO2/c1-5-13(3)10-18-11-14-9-16(19-4)7-8-17(14)20-15(6-2)12-18/h7-9,13,15H,5-6,10-12H2,1-4H3. The molecule has 0 saturated heterocycles. The monoisotopic (exact) mass is 277 g/mol. The molecule has 2 atom stereocenters. The normalized spacial score (nSPS) is 20.7. The van der Waals surface area contributed by atoms with E-state index in [-0.39, 0.29) is 6.10 Å². The zero-order valence-corrected chi connectivity index (χ0v) is 13.2. The fourth-order valence-electron chi connectivity index (χ4n) is 2.65. The minimum absolute atomic E-state index is 0.286. The molecule has 3 nitrogen and oxygen atoms in total. The molecule has 1 heterocycles. The Balaban J connectivity index is 2.21. The number of ether oxygens (including phenoxy) is 2. The Morgan fingerprint density at radius 1 is 1.40 bits per heavy atom. The van der Waals surface area contributed by atoms with E-state index in [4.69, 9.17) is 9.47 Å². The van der Waals surface area contributed by atoms with Crippen molar-refractivity contribution in [2.45, 2.75) is 46.3 Å². The van der Waals surface area contributed by atoms with Gasteiger partial charge in [-0.2, -0.15) is 0 Å². The molecule has 0 amide bonds. The predicted octanol–water partition coefficient (Wildman–Crippen LogP) is 3.71. The predicted molar refractivity (Wildman–Crippen MR) is 82.4 cm³/mol. The van der Waals surface area contributed by atoms with Crippen molar-refractivity contribution in [3.05, 3.63) is 23.8 Å². The van der Waals surface area contributed by atoms with Crippen LogP contribution in [0.5, 0.6) is 11.5 Å². The van der Waals surface area contributed by atoms with Crippen LogP contribution in [0.1, 0.15) is 39.2 Å². The van der Waals surface area contributed by atoms with E-state index in [2.05, 4.69) is 31.7 Å². The second kappa shape index (κ2) is 6.98. The second-order valence-corrected chi connectivity index (χ2v) is 5.83. The Hall–Kier alpha value is -1.22. The number of methoxy groups -OCH3 is 1. The third-order valence-corrected chi connectivity index (χ3v) is 4.14. The molecule has 1 aromatic carbocycles. The molecule has 0 fully saturated rings. The molecular formula is C17H27NO2. The fourth-order valence-corrected chi connectivity index (χ4v) is 2.65. The van der Waals surface area contributed by atoms with Gasteiger partial charge in [-0.05, 0) is 30.5 Å². The Kier molecular flexibility index (Phi) is 5.30. The van der Waals surface area contributed by atoms with E-state index in [9.17, 15) is 0 Å². The molecule has 0 saturated carbocycles. The maximum Gasteiger partial charge on any atom is 0.124 e. The number of benzene rings is 1. The smallest absolute Gasteiger partial charge is 0.124 e. The lowest BCUT2D eigenvalue weighted by Gasteiger charge is -2.25. The molecule has 0 radical (unpaired) electrons. The van der Waals surface area contributed by atoms with Crippen LogP contribution in [-0.2, 0) is 6.54 Å². The highest BCUT2D eigenvalue weighted by Crippen LogP contribution is 2.30. The minimum Gasteiger partial charge on any atom is -0.497 e. The highest BCUT2D eigenvalue weighted by Gasteiger charge is 2.23. The Bertz CT molecular complexity index is 433. The second-order valence-electron chi connectivity index (χ2n) is 5.83. The zero-order chi connectivity index (χ0) is 14.5. The van der Waals surface area contributed by atoms with Gasteiger partial charge in [0.25, 0.3) is 0 Å². The van der Waals surface area contributed by atoms with E-state index in [0.717, 1.165) is 43.5 Å². The first kappa shape index (κ1) is 15.2. The van der Waals surface area contributed by atoms with Gasteiger partial charge in [0.15, 0.2) is 0 Å². The van der Waals surface area contributed by atoms with Crippen LogP contribution in [0.15, 0.2) is 18.2 Å². The van der Waals surface area contributed by atoms with Gasteiger partial charge in [0.2, 0.25) is 0 Å². The molecular weight excluding hydrogens is 250 g/mol. The molecule has 3 heteroatoms. The van der Waals surface area contributed by atoms with Gasteiger partial charge < -0.3 is 9.47 Å². The molecule has 0 N–H and O–H groups in total. The van der Waals surface area contributed by atoms with Gasteiger partial charge in [-0.15, -0.1) is 0 Å². The first-order chi connectivity index (χ1) is 9.66. The molecule has 20 heavy (non-hydrogen) atoms. The van der Waals surface area contributed by atoms with E-state index in [1.165, 1.54) is 12.0 Å². The first-order valence-corrected chi connectivity index (χ1v) is 7.72. The van der Waals surface area contributed by atoms with E-state index in [1.807, 2.05) is 12.1 Å². The summed E-state index contributed by atoms with van der Waals surface area (Å²) in [7, 11) is 1.71. The highest BCUT2D eigenvalue weighted by molar-refractivity contribution is 5.41. The molecule has 1 aliphatic heterocycles. The van der Waals surface area contributed by atoms with Gasteiger partial charge in [0.1, 0.15) is 17.6 Å². The van der Waals surface area contributed by atoms with Gasteiger partial charge in [-0.1, -0.05) is 27.2 Å². The van der Waals surface area contributed by atoms with Crippen molar-refractivity contribution in [3.63, 3.8) is 0 Å². The summed E-state index contributed by atoms with van der Waals surface area (Å²) >= 11 is 0. The molecule has 0 bridgehead atoms. The van der Waals surface area contributed by atoms with Crippen molar-refractivity contribution in [2.75, 3.05) is 20.2 Å². The van der Waals surface area contributed by atoms with Gasteiger partial charge >= 0.3 is 0 Å². The highest BCUT2D eigenvalue weighted by atomic mass is 16.5. The van der Waals surface area contributed by atoms with Crippen LogP contribution in [-0.4, -0.2) is 31.2 Å². The minimum atomic E-state index is 0.286. The third-order valence-electron chi connectivity index (χ3n) is 4.14. The fraction of sp³-hybridized carbons (Fsp3) is 0.647. The molecule has 0 aliphatic carbocycles. The lowest BCUT2D eigenvalue weighted by atomic mass is 10.1. The van der Waals surface area contributed by atoms with Crippen LogP contribution in [0.3, 0.4) is 0 Å². The molecule has 0 aromatic heterocycles. The molecule has 2 rings (SSSR count). The SMILES string of the molecule is CCC(C)CN1Cc2cc(OC)ccc2OC(CC)C1. The summed E-state index contributed by atoms with van der Waals surface area (Å²) in [6.45, 7) is 9.87. The van der Waals surface area contributed by atoms with Gasteiger partial charge in [-0.25, -0.2) is 0 Å². The summed E-state index contributed by atoms with van der Waals surface area (Å²) < 4.78 is 11.5. The maximum absolute atomic E-state index is 6.15. The van der Waals surface area contributed by atoms with Crippen molar-refractivity contribution in [1.82, 2.24) is 4.90 Å². The van der Waals surface area contributed by atoms with Crippen LogP contribution >= 0.6 is 0 Å². The van der Waals surface area contributed by atoms with Gasteiger partial charge in [-0.3, -0.25) is 4.90 Å². The van der Waals surface area contributed by atoms with Crippen molar-refractivity contribution in [2.24, 2.45) is 5.92 Å². The van der Waals surface area contributed by atoms with Crippen LogP contribution in [0.2, 0.25) is 0 Å². The molecule has 0 spiro atoms. The van der Waals surface area contributed by atoms with E-state index in [1.54, 1.807) is 7.11 Å². The number of rotatable bonds is 5. The molecule has 2 unspecified atom stereocenters. The lowest BCUT2D eigenvalue weighted by Crippen LogP contribution is -2.35. The number of hydrogen-bond donors (Lipinski definition) is 0. The Morgan fingerprint density at radius 3 is 2.85 bits per heavy atom.